The topological polar surface area (TPSA) is 91.5 Å². The molecule has 4 amide bonds. The molecule has 7 nitrogen and oxygen atoms in total. The number of hydrogen-bond donors (Lipinski definition) is 4. The van der Waals surface area contributed by atoms with E-state index in [1.807, 2.05) is 72.8 Å². The quantitative estimate of drug-likeness (QED) is 0.318. The van der Waals surface area contributed by atoms with Crippen molar-refractivity contribution in [2.75, 3.05) is 12.4 Å². The van der Waals surface area contributed by atoms with Crippen LogP contribution in [0.3, 0.4) is 0 Å². The summed E-state index contributed by atoms with van der Waals surface area (Å²) < 4.78 is 5.37. The highest BCUT2D eigenvalue weighted by Crippen LogP contribution is 2.30. The van der Waals surface area contributed by atoms with Gasteiger partial charge in [-0.15, -0.1) is 0 Å². The number of nitrogens with one attached hydrogen (secondary N) is 4. The van der Waals surface area contributed by atoms with E-state index in [9.17, 15) is 9.59 Å². The lowest BCUT2D eigenvalue weighted by molar-refractivity contribution is 0.222. The van der Waals surface area contributed by atoms with Crippen LogP contribution in [0.2, 0.25) is 0 Å². The Hall–Kier alpha value is -4.00. The first-order valence-electron chi connectivity index (χ1n) is 12.5. The van der Waals surface area contributed by atoms with Crippen molar-refractivity contribution in [2.24, 2.45) is 0 Å². The predicted octanol–water partition coefficient (Wildman–Crippen LogP) is 5.93. The maximum Gasteiger partial charge on any atom is 0.319 e. The molecule has 0 radical (unpaired) electrons. The smallest absolute Gasteiger partial charge is 0.319 e. The monoisotopic (exact) mass is 486 g/mol. The Labute approximate surface area is 212 Å². The van der Waals surface area contributed by atoms with Gasteiger partial charge in [0.1, 0.15) is 5.75 Å². The number of carbonyl (C=O) groups excluding carboxylic acids is 2. The molecule has 0 unspecified atom stereocenters. The average Bonchev–Trinajstić information content (AvgIpc) is 2.92. The molecule has 0 spiro atoms. The fraction of sp³-hybridized carbons (Fsp3) is 0.310. The Morgan fingerprint density at radius 3 is 1.83 bits per heavy atom. The van der Waals surface area contributed by atoms with Gasteiger partial charge in [-0.05, 0) is 36.1 Å². The molecule has 4 N–H and O–H groups in total. The van der Waals surface area contributed by atoms with Crippen LogP contribution in [0.4, 0.5) is 15.3 Å². The minimum Gasteiger partial charge on any atom is -0.495 e. The molecule has 2 atom stereocenters. The fourth-order valence-electron chi connectivity index (χ4n) is 4.70. The van der Waals surface area contributed by atoms with Gasteiger partial charge in [0, 0.05) is 6.04 Å². The molecule has 1 fully saturated rings. The van der Waals surface area contributed by atoms with Gasteiger partial charge in [-0.3, -0.25) is 0 Å². The van der Waals surface area contributed by atoms with Crippen LogP contribution < -0.4 is 26.0 Å². The van der Waals surface area contributed by atoms with Gasteiger partial charge in [0.05, 0.1) is 24.9 Å². The van der Waals surface area contributed by atoms with Crippen molar-refractivity contribution in [1.29, 1.82) is 0 Å². The Bertz CT molecular complexity index is 1120. The maximum atomic E-state index is 13.2. The van der Waals surface area contributed by atoms with Gasteiger partial charge < -0.3 is 26.0 Å². The molecular weight excluding hydrogens is 452 g/mol. The number of ether oxygens (including phenoxy) is 1. The average molecular weight is 487 g/mol. The van der Waals surface area contributed by atoms with Gasteiger partial charge in [-0.1, -0.05) is 92.1 Å². The summed E-state index contributed by atoms with van der Waals surface area (Å²) in [6.45, 7) is 0. The second-order valence-electron chi connectivity index (χ2n) is 9.03. The first kappa shape index (κ1) is 25.1. The van der Waals surface area contributed by atoms with E-state index in [0.29, 0.717) is 11.4 Å². The van der Waals surface area contributed by atoms with Crippen LogP contribution in [-0.2, 0) is 0 Å². The molecule has 1 saturated carbocycles. The molecule has 0 bridgehead atoms. The fourth-order valence-corrected chi connectivity index (χ4v) is 4.70. The number of amides is 4. The van der Waals surface area contributed by atoms with Gasteiger partial charge in [0.15, 0.2) is 0 Å². The Kier molecular flexibility index (Phi) is 8.81. The molecule has 3 aromatic carbocycles. The summed E-state index contributed by atoms with van der Waals surface area (Å²) in [5.41, 5.74) is 2.32. The number of carbonyl (C=O) groups is 2. The van der Waals surface area contributed by atoms with Crippen LogP contribution in [0, 0.1) is 0 Å². The molecule has 0 heterocycles. The van der Waals surface area contributed by atoms with Crippen molar-refractivity contribution in [2.45, 2.75) is 50.2 Å². The number of methoxy groups -OCH3 is 1. The third-order valence-electron chi connectivity index (χ3n) is 6.52. The van der Waals surface area contributed by atoms with Crippen LogP contribution in [-0.4, -0.2) is 25.2 Å². The van der Waals surface area contributed by atoms with Gasteiger partial charge in [-0.25, -0.2) is 9.59 Å². The van der Waals surface area contributed by atoms with E-state index >= 15 is 0 Å². The zero-order valence-electron chi connectivity index (χ0n) is 20.6. The Morgan fingerprint density at radius 2 is 1.25 bits per heavy atom. The van der Waals surface area contributed by atoms with Crippen molar-refractivity contribution in [3.05, 3.63) is 96.1 Å². The summed E-state index contributed by atoms with van der Waals surface area (Å²) in [7, 11) is 1.56. The predicted molar refractivity (Wildman–Crippen MR) is 142 cm³/mol. The second-order valence-corrected chi connectivity index (χ2v) is 9.03. The summed E-state index contributed by atoms with van der Waals surface area (Å²) in [6, 6.07) is 25.1. The molecule has 0 aromatic heterocycles. The molecule has 4 rings (SSSR count). The van der Waals surface area contributed by atoms with E-state index in [1.54, 1.807) is 19.2 Å². The van der Waals surface area contributed by atoms with Gasteiger partial charge in [0.25, 0.3) is 0 Å². The highest BCUT2D eigenvalue weighted by atomic mass is 16.5. The zero-order valence-corrected chi connectivity index (χ0v) is 20.6. The minimum atomic E-state index is -0.527. The van der Waals surface area contributed by atoms with Gasteiger partial charge in [-0.2, -0.15) is 0 Å². The summed E-state index contributed by atoms with van der Waals surface area (Å²) in [6.07, 6.45) is 5.46. The first-order valence-corrected chi connectivity index (χ1v) is 12.5. The largest absolute Gasteiger partial charge is 0.495 e. The number of hydrogen-bond acceptors (Lipinski definition) is 3. The minimum absolute atomic E-state index is 0.173. The summed E-state index contributed by atoms with van der Waals surface area (Å²) >= 11 is 0. The Balaban J connectivity index is 1.59. The van der Waals surface area contributed by atoms with E-state index in [4.69, 9.17) is 4.74 Å². The maximum absolute atomic E-state index is 13.2. The first-order chi connectivity index (χ1) is 17.6. The SMILES string of the molecule is COc1ccccc1NC(=O)N[C@H](c1ccccc1)[C@@H](NC(=O)NC1CCCCC1)c1ccccc1. The second kappa shape index (κ2) is 12.6. The standard InChI is InChI=1S/C29H34N4O3/c1-36-25-20-12-11-19-24(25)31-29(35)33-27(22-15-7-3-8-16-22)26(21-13-5-2-6-14-21)32-28(34)30-23-17-9-4-10-18-23/h2-3,5-8,11-16,19-20,23,26-27H,4,9-10,17-18H2,1H3,(H2,30,32,34)(H2,31,33,35)/t26-,27+/m0/s1. The third-order valence-corrected chi connectivity index (χ3v) is 6.52. The molecule has 3 aromatic rings. The van der Waals surface area contributed by atoms with Crippen molar-refractivity contribution in [1.82, 2.24) is 16.0 Å². The molecule has 188 valence electrons. The number of urea groups is 2. The third kappa shape index (κ3) is 6.78. The van der Waals surface area contributed by atoms with Crippen LogP contribution in [0.5, 0.6) is 5.75 Å². The highest BCUT2D eigenvalue weighted by Gasteiger charge is 2.29. The van der Waals surface area contributed by atoms with E-state index in [1.165, 1.54) is 6.42 Å². The molecular formula is C29H34N4O3. The molecule has 7 heteroatoms. The van der Waals surface area contributed by atoms with E-state index in [0.717, 1.165) is 36.8 Å². The molecule has 1 aliphatic carbocycles. The van der Waals surface area contributed by atoms with Crippen molar-refractivity contribution < 1.29 is 14.3 Å². The molecule has 0 saturated heterocycles. The molecule has 1 aliphatic rings. The highest BCUT2D eigenvalue weighted by molar-refractivity contribution is 5.91. The summed E-state index contributed by atoms with van der Waals surface area (Å²) in [5.74, 6) is 0.563. The van der Waals surface area contributed by atoms with Crippen LogP contribution in [0.15, 0.2) is 84.9 Å². The van der Waals surface area contributed by atoms with Gasteiger partial charge in [0.2, 0.25) is 0 Å². The summed E-state index contributed by atoms with van der Waals surface area (Å²) in [5, 5.41) is 12.3. The number of benzene rings is 3. The zero-order chi connectivity index (χ0) is 25.2. The van der Waals surface area contributed by atoms with E-state index < -0.39 is 18.1 Å². The molecule has 36 heavy (non-hydrogen) atoms. The van der Waals surface area contributed by atoms with Crippen molar-refractivity contribution in [3.8, 4) is 5.75 Å². The van der Waals surface area contributed by atoms with Crippen molar-refractivity contribution >= 4 is 17.7 Å². The lowest BCUT2D eigenvalue weighted by atomic mass is 9.93. The van der Waals surface area contributed by atoms with E-state index in [2.05, 4.69) is 21.3 Å². The number of para-hydroxylation sites is 2. The lowest BCUT2D eigenvalue weighted by Crippen LogP contribution is -2.48. The number of rotatable bonds is 8. The van der Waals surface area contributed by atoms with Crippen LogP contribution in [0.25, 0.3) is 0 Å². The van der Waals surface area contributed by atoms with Gasteiger partial charge >= 0.3 is 12.1 Å². The van der Waals surface area contributed by atoms with Crippen LogP contribution >= 0.6 is 0 Å². The lowest BCUT2D eigenvalue weighted by Gasteiger charge is -2.31. The summed E-state index contributed by atoms with van der Waals surface area (Å²) in [4.78, 5) is 26.3. The van der Waals surface area contributed by atoms with E-state index in [-0.39, 0.29) is 12.1 Å². The molecule has 0 aliphatic heterocycles. The Morgan fingerprint density at radius 1 is 0.722 bits per heavy atom. The number of anilines is 1. The van der Waals surface area contributed by atoms with Crippen LogP contribution in [0.1, 0.15) is 55.3 Å². The van der Waals surface area contributed by atoms with Crippen molar-refractivity contribution in [3.63, 3.8) is 0 Å². The normalized spacial score (nSPS) is 15.2.